The van der Waals surface area contributed by atoms with Gasteiger partial charge in [0.05, 0.1) is 38.5 Å². The van der Waals surface area contributed by atoms with Gasteiger partial charge < -0.3 is 28.9 Å². The van der Waals surface area contributed by atoms with Crippen LogP contribution in [0, 0.1) is 5.82 Å². The van der Waals surface area contributed by atoms with Crippen LogP contribution in [0.2, 0.25) is 0 Å². The lowest BCUT2D eigenvalue weighted by Gasteiger charge is -2.41. The molecule has 1 aromatic heterocycles. The Morgan fingerprint density at radius 2 is 1.61 bits per heavy atom. The number of hydrogen-bond acceptors (Lipinski definition) is 7. The summed E-state index contributed by atoms with van der Waals surface area (Å²) in [5, 5.41) is 0. The number of anilines is 3. The zero-order valence-corrected chi connectivity index (χ0v) is 23.2. The normalized spacial score (nSPS) is 21.2. The average molecular weight is 529 g/mol. The molecule has 7 nitrogen and oxygen atoms in total. The summed E-state index contributed by atoms with van der Waals surface area (Å²) in [6, 6.07) is 12.4. The van der Waals surface area contributed by atoms with Crippen molar-refractivity contribution in [3.05, 3.63) is 48.4 Å². The second-order valence-corrected chi connectivity index (χ2v) is 10.2. The lowest BCUT2D eigenvalue weighted by atomic mass is 9.96. The number of fused-ring (bicyclic) bond motifs is 1. The third kappa shape index (κ3) is 7.80. The van der Waals surface area contributed by atoms with Crippen LogP contribution in [0.5, 0.6) is 0 Å². The van der Waals surface area contributed by atoms with Gasteiger partial charge in [0, 0.05) is 63.5 Å². The van der Waals surface area contributed by atoms with E-state index in [2.05, 4.69) is 26.8 Å². The predicted molar refractivity (Wildman–Crippen MR) is 152 cm³/mol. The van der Waals surface area contributed by atoms with E-state index in [1.165, 1.54) is 37.4 Å². The van der Waals surface area contributed by atoms with Crippen LogP contribution >= 0.6 is 0 Å². The van der Waals surface area contributed by atoms with Gasteiger partial charge in [0.1, 0.15) is 11.6 Å². The van der Waals surface area contributed by atoms with Crippen molar-refractivity contribution in [3.63, 3.8) is 0 Å². The van der Waals surface area contributed by atoms with E-state index in [1.54, 1.807) is 13.2 Å². The molecule has 2 unspecified atom stereocenters. The van der Waals surface area contributed by atoms with E-state index in [0.29, 0.717) is 38.5 Å². The summed E-state index contributed by atoms with van der Waals surface area (Å²) in [6.45, 7) is 9.74. The number of halogens is 1. The number of pyridine rings is 1. The Morgan fingerprint density at radius 1 is 0.816 bits per heavy atom. The Morgan fingerprint density at radius 3 is 2.39 bits per heavy atom. The van der Waals surface area contributed by atoms with Crippen molar-refractivity contribution in [1.82, 2.24) is 4.98 Å². The van der Waals surface area contributed by atoms with Crippen molar-refractivity contribution in [2.75, 3.05) is 81.0 Å². The maximum atomic E-state index is 13.8. The molecule has 0 bridgehead atoms. The molecule has 1 aromatic carbocycles. The summed E-state index contributed by atoms with van der Waals surface area (Å²) in [4.78, 5) is 12.2. The first-order valence-corrected chi connectivity index (χ1v) is 14.4. The molecule has 8 heteroatoms. The molecule has 210 valence electrons. The number of aromatic nitrogens is 1. The molecule has 5 rings (SSSR count). The van der Waals surface area contributed by atoms with Crippen LogP contribution < -0.4 is 14.7 Å². The first-order chi connectivity index (χ1) is 18.7. The molecule has 0 spiro atoms. The lowest BCUT2D eigenvalue weighted by molar-refractivity contribution is 0.0280. The molecular formula is C30H45FN4O3. The van der Waals surface area contributed by atoms with Crippen LogP contribution in [0.3, 0.4) is 0 Å². The number of nitrogens with zero attached hydrogens (tertiary/aromatic N) is 4. The van der Waals surface area contributed by atoms with E-state index in [-0.39, 0.29) is 5.82 Å². The first kappa shape index (κ1) is 28.6. The first-order valence-electron chi connectivity index (χ1n) is 14.4. The quantitative estimate of drug-likeness (QED) is 0.396. The number of rotatable bonds is 10. The minimum absolute atomic E-state index is 0.148. The van der Waals surface area contributed by atoms with Crippen molar-refractivity contribution in [1.29, 1.82) is 0 Å². The van der Waals surface area contributed by atoms with E-state index >= 15 is 0 Å². The average Bonchev–Trinajstić information content (AvgIpc) is 3.40. The molecule has 3 aliphatic rings. The van der Waals surface area contributed by atoms with Crippen molar-refractivity contribution in [3.8, 4) is 0 Å². The molecule has 3 saturated heterocycles. The Labute approximate surface area is 227 Å². The van der Waals surface area contributed by atoms with Gasteiger partial charge >= 0.3 is 0 Å². The van der Waals surface area contributed by atoms with Gasteiger partial charge in [-0.3, -0.25) is 0 Å². The minimum Gasteiger partial charge on any atom is -0.382 e. The molecule has 4 heterocycles. The maximum absolute atomic E-state index is 13.8. The molecule has 2 aromatic rings. The third-order valence-corrected chi connectivity index (χ3v) is 7.70. The fourth-order valence-corrected chi connectivity index (χ4v) is 5.87. The van der Waals surface area contributed by atoms with Crippen molar-refractivity contribution in [2.45, 2.75) is 57.5 Å². The molecule has 3 aliphatic heterocycles. The van der Waals surface area contributed by atoms with Crippen molar-refractivity contribution >= 4 is 17.2 Å². The van der Waals surface area contributed by atoms with Gasteiger partial charge in [-0.05, 0) is 69.7 Å². The van der Waals surface area contributed by atoms with Gasteiger partial charge in [0.2, 0.25) is 0 Å². The van der Waals surface area contributed by atoms with Crippen LogP contribution in [0.1, 0.15) is 45.4 Å². The summed E-state index contributed by atoms with van der Waals surface area (Å²) >= 11 is 0. The van der Waals surface area contributed by atoms with Crippen LogP contribution in [0.25, 0.3) is 0 Å². The van der Waals surface area contributed by atoms with E-state index < -0.39 is 0 Å². The summed E-state index contributed by atoms with van der Waals surface area (Å²) in [6.07, 6.45) is 9.33. The van der Waals surface area contributed by atoms with E-state index in [0.717, 1.165) is 57.1 Å². The van der Waals surface area contributed by atoms with Gasteiger partial charge in [-0.2, -0.15) is 0 Å². The summed E-state index contributed by atoms with van der Waals surface area (Å²) in [7, 11) is 1.66. The number of ether oxygens (including phenoxy) is 3. The monoisotopic (exact) mass is 528 g/mol. The number of benzene rings is 1. The smallest absolute Gasteiger partial charge is 0.130 e. The fraction of sp³-hybridized carbons (Fsp3) is 0.633. The van der Waals surface area contributed by atoms with Crippen LogP contribution in [-0.4, -0.2) is 83.4 Å². The van der Waals surface area contributed by atoms with Crippen molar-refractivity contribution < 1.29 is 18.6 Å². The third-order valence-electron chi connectivity index (χ3n) is 7.70. The minimum atomic E-state index is -0.148. The van der Waals surface area contributed by atoms with Crippen LogP contribution in [0.4, 0.5) is 21.6 Å². The number of methoxy groups -OCH3 is 1. The zero-order valence-electron chi connectivity index (χ0n) is 23.2. The lowest BCUT2D eigenvalue weighted by Crippen LogP contribution is -2.50. The maximum Gasteiger partial charge on any atom is 0.130 e. The highest BCUT2D eigenvalue weighted by Gasteiger charge is 2.41. The molecule has 0 aliphatic carbocycles. The molecule has 3 fully saturated rings. The highest BCUT2D eigenvalue weighted by molar-refractivity contribution is 5.58. The Hall–Kier alpha value is -2.42. The Balaban J connectivity index is 0.000000289. The second kappa shape index (κ2) is 15.2. The van der Waals surface area contributed by atoms with Gasteiger partial charge in [-0.25, -0.2) is 9.37 Å². The molecular weight excluding hydrogens is 483 g/mol. The SMILES string of the molecule is CCOCCOCCOC.Fc1cccc(N2CCCC3C2CCN3c2cc(N3CCCCC3)ccn2)c1. The fourth-order valence-electron chi connectivity index (χ4n) is 5.87. The number of piperidine rings is 2. The van der Waals surface area contributed by atoms with Crippen molar-refractivity contribution in [2.24, 2.45) is 0 Å². The largest absolute Gasteiger partial charge is 0.382 e. The van der Waals surface area contributed by atoms with Crippen LogP contribution in [0.15, 0.2) is 42.6 Å². The summed E-state index contributed by atoms with van der Waals surface area (Å²) in [5.41, 5.74) is 2.33. The molecule has 0 saturated carbocycles. The standard InChI is InChI=1S/C23H29FN4.C7H16O3/c24-18-6-4-7-20(16-18)27-14-5-8-21-22(27)10-15-28(21)23-17-19(9-11-25-23)26-12-2-1-3-13-26;1-3-9-6-7-10-5-4-8-2/h4,6-7,9,11,16-17,21-22H,1-3,5,8,10,12-15H2;3-7H2,1-2H3. The Kier molecular flexibility index (Phi) is 11.5. The topological polar surface area (TPSA) is 50.3 Å². The number of hydrogen-bond donors (Lipinski definition) is 0. The second-order valence-electron chi connectivity index (χ2n) is 10.2. The summed E-state index contributed by atoms with van der Waals surface area (Å²) in [5.74, 6) is 0.960. The molecule has 2 atom stereocenters. The molecule has 38 heavy (non-hydrogen) atoms. The van der Waals surface area contributed by atoms with E-state index in [4.69, 9.17) is 19.2 Å². The summed E-state index contributed by atoms with van der Waals surface area (Å²) < 4.78 is 28.7. The molecule has 0 amide bonds. The van der Waals surface area contributed by atoms with Crippen LogP contribution in [-0.2, 0) is 14.2 Å². The zero-order chi connectivity index (χ0) is 26.6. The van der Waals surface area contributed by atoms with E-state index in [1.807, 2.05) is 25.3 Å². The van der Waals surface area contributed by atoms with Gasteiger partial charge in [0.15, 0.2) is 0 Å². The highest BCUT2D eigenvalue weighted by Crippen LogP contribution is 2.37. The molecule has 0 radical (unpaired) electrons. The van der Waals surface area contributed by atoms with Gasteiger partial charge in [-0.1, -0.05) is 6.07 Å². The predicted octanol–water partition coefficient (Wildman–Crippen LogP) is 5.14. The van der Waals surface area contributed by atoms with Gasteiger partial charge in [0.25, 0.3) is 0 Å². The Bertz CT molecular complexity index is 951. The van der Waals surface area contributed by atoms with E-state index in [9.17, 15) is 4.39 Å². The molecule has 0 N–H and O–H groups in total. The highest BCUT2D eigenvalue weighted by atomic mass is 19.1. The van der Waals surface area contributed by atoms with Gasteiger partial charge in [-0.15, -0.1) is 0 Å².